The molecule has 0 aromatic heterocycles. The maximum absolute atomic E-state index is 12.7. The number of ether oxygens (including phenoxy) is 1. The van der Waals surface area contributed by atoms with Gasteiger partial charge in [0.1, 0.15) is 5.75 Å². The molecule has 2 N–H and O–H groups in total. The maximum Gasteiger partial charge on any atom is 0.203 e. The minimum atomic E-state index is -0.517. The fraction of sp³-hybridized carbons (Fsp3) is 0.278. The Hall–Kier alpha value is -2.29. The van der Waals surface area contributed by atoms with Crippen LogP contribution < -0.4 is 10.5 Å². The molecule has 0 aliphatic carbocycles. The van der Waals surface area contributed by atoms with Crippen LogP contribution in [0.5, 0.6) is 5.75 Å². The molecule has 0 radical (unpaired) electrons. The number of Topliss-reactive ketones (excluding diaryl/α,β-unsaturated/α-hetero) is 1. The third-order valence-electron chi connectivity index (χ3n) is 3.50. The highest BCUT2D eigenvalue weighted by atomic mass is 16.5. The highest BCUT2D eigenvalue weighted by molar-refractivity contribution is 6.01. The molecule has 2 aromatic rings. The molecule has 110 valence electrons. The highest BCUT2D eigenvalue weighted by Crippen LogP contribution is 2.24. The Bertz CT molecular complexity index is 649. The molecule has 3 nitrogen and oxygen atoms in total. The first-order valence-corrected chi connectivity index (χ1v) is 7.15. The fourth-order valence-electron chi connectivity index (χ4n) is 2.33. The van der Waals surface area contributed by atoms with Crippen LogP contribution >= 0.6 is 0 Å². The van der Waals surface area contributed by atoms with Crippen LogP contribution in [-0.4, -0.2) is 11.9 Å². The molecule has 2 rings (SSSR count). The Morgan fingerprint density at radius 3 is 2.52 bits per heavy atom. The molecule has 0 heterocycles. The van der Waals surface area contributed by atoms with E-state index in [1.165, 1.54) is 0 Å². The van der Waals surface area contributed by atoms with Crippen molar-refractivity contribution in [2.45, 2.75) is 33.3 Å². The summed E-state index contributed by atoms with van der Waals surface area (Å²) in [5.74, 6) is 0.556. The van der Waals surface area contributed by atoms with Gasteiger partial charge in [0.05, 0.1) is 5.69 Å². The van der Waals surface area contributed by atoms with E-state index in [9.17, 15) is 4.79 Å². The number of hydrogen-bond acceptors (Lipinski definition) is 3. The predicted octanol–water partition coefficient (Wildman–Crippen LogP) is 3.93. The molecule has 0 bridgehead atoms. The molecule has 3 heteroatoms. The Morgan fingerprint density at radius 1 is 1.19 bits per heavy atom. The first kappa shape index (κ1) is 15.1. The second kappa shape index (κ2) is 6.44. The Labute approximate surface area is 125 Å². The number of hydrogen-bond donors (Lipinski definition) is 1. The van der Waals surface area contributed by atoms with E-state index in [4.69, 9.17) is 10.5 Å². The van der Waals surface area contributed by atoms with Gasteiger partial charge in [0.2, 0.25) is 5.78 Å². The van der Waals surface area contributed by atoms with Crippen molar-refractivity contribution >= 4 is 11.5 Å². The second-order valence-corrected chi connectivity index (χ2v) is 5.24. The summed E-state index contributed by atoms with van der Waals surface area (Å²) in [5, 5.41) is 0. The van der Waals surface area contributed by atoms with Crippen molar-refractivity contribution in [1.82, 2.24) is 0 Å². The first-order valence-electron chi connectivity index (χ1n) is 7.15. The lowest BCUT2D eigenvalue weighted by Crippen LogP contribution is -2.27. The number of carbonyl (C=O) groups excluding carboxylic acids is 1. The number of aryl methyl sites for hydroxylation is 2. The molecule has 0 saturated carbocycles. The van der Waals surface area contributed by atoms with Gasteiger partial charge in [-0.25, -0.2) is 0 Å². The van der Waals surface area contributed by atoms with E-state index in [-0.39, 0.29) is 5.78 Å². The van der Waals surface area contributed by atoms with Crippen LogP contribution in [0.3, 0.4) is 0 Å². The molecule has 1 atom stereocenters. The summed E-state index contributed by atoms with van der Waals surface area (Å²) in [6.45, 7) is 5.90. The van der Waals surface area contributed by atoms with Gasteiger partial charge in [-0.15, -0.1) is 0 Å². The van der Waals surface area contributed by atoms with Crippen molar-refractivity contribution in [3.63, 3.8) is 0 Å². The number of carbonyl (C=O) groups is 1. The van der Waals surface area contributed by atoms with E-state index in [2.05, 4.69) is 0 Å². The first-order chi connectivity index (χ1) is 10.0. The molecule has 0 aliphatic rings. The smallest absolute Gasteiger partial charge is 0.203 e. The fourth-order valence-corrected chi connectivity index (χ4v) is 2.33. The van der Waals surface area contributed by atoms with Gasteiger partial charge in [0, 0.05) is 5.56 Å². The lowest BCUT2D eigenvalue weighted by molar-refractivity contribution is 0.0787. The van der Waals surface area contributed by atoms with Gasteiger partial charge in [0.25, 0.3) is 0 Å². The molecular formula is C18H21NO2. The number of para-hydroxylation sites is 2. The zero-order chi connectivity index (χ0) is 15.4. The summed E-state index contributed by atoms with van der Waals surface area (Å²) in [4.78, 5) is 12.7. The average Bonchev–Trinajstić information content (AvgIpc) is 2.46. The predicted molar refractivity (Wildman–Crippen MR) is 85.8 cm³/mol. The van der Waals surface area contributed by atoms with Gasteiger partial charge >= 0.3 is 0 Å². The topological polar surface area (TPSA) is 52.3 Å². The van der Waals surface area contributed by atoms with Crippen LogP contribution in [0.1, 0.15) is 34.8 Å². The maximum atomic E-state index is 12.7. The average molecular weight is 283 g/mol. The molecule has 0 aliphatic heterocycles. The summed E-state index contributed by atoms with van der Waals surface area (Å²) in [7, 11) is 0. The zero-order valence-corrected chi connectivity index (χ0v) is 12.7. The number of nitrogens with two attached hydrogens (primary N) is 1. The number of ketones is 1. The van der Waals surface area contributed by atoms with Crippen molar-refractivity contribution in [3.8, 4) is 5.75 Å². The standard InChI is InChI=1S/C18H21NO2/c1-4-16(21-17-8-6-5-7-15(17)19)18(20)14-10-9-12(2)11-13(14)3/h5-11,16H,4,19H2,1-3H3. The largest absolute Gasteiger partial charge is 0.480 e. The molecule has 21 heavy (non-hydrogen) atoms. The number of nitrogen functional groups attached to an aromatic ring is 1. The Morgan fingerprint density at radius 2 is 1.90 bits per heavy atom. The van der Waals surface area contributed by atoms with Gasteiger partial charge in [-0.1, -0.05) is 42.8 Å². The van der Waals surface area contributed by atoms with Gasteiger partial charge in [-0.05, 0) is 38.0 Å². The second-order valence-electron chi connectivity index (χ2n) is 5.24. The minimum absolute atomic E-state index is 0.00162. The molecule has 2 aromatic carbocycles. The summed E-state index contributed by atoms with van der Waals surface area (Å²) >= 11 is 0. The van der Waals surface area contributed by atoms with E-state index in [1.807, 2.05) is 51.1 Å². The summed E-state index contributed by atoms with van der Waals surface area (Å²) < 4.78 is 5.82. The van der Waals surface area contributed by atoms with E-state index >= 15 is 0 Å². The third-order valence-corrected chi connectivity index (χ3v) is 3.50. The minimum Gasteiger partial charge on any atom is -0.480 e. The Kier molecular flexibility index (Phi) is 4.63. The van der Waals surface area contributed by atoms with Crippen molar-refractivity contribution in [3.05, 3.63) is 59.2 Å². The summed E-state index contributed by atoms with van der Waals surface area (Å²) in [6.07, 6.45) is 0.0802. The zero-order valence-electron chi connectivity index (χ0n) is 12.7. The SMILES string of the molecule is CCC(Oc1ccccc1N)C(=O)c1ccc(C)cc1C. The van der Waals surface area contributed by atoms with E-state index in [0.717, 1.165) is 11.1 Å². The van der Waals surface area contributed by atoms with Gasteiger partial charge in [-0.2, -0.15) is 0 Å². The monoisotopic (exact) mass is 283 g/mol. The molecule has 0 fully saturated rings. The van der Waals surface area contributed by atoms with Crippen molar-refractivity contribution in [1.29, 1.82) is 0 Å². The van der Waals surface area contributed by atoms with Gasteiger partial charge < -0.3 is 10.5 Å². The number of rotatable bonds is 5. The lowest BCUT2D eigenvalue weighted by atomic mass is 9.98. The van der Waals surface area contributed by atoms with Gasteiger partial charge in [0.15, 0.2) is 6.10 Å². The third kappa shape index (κ3) is 3.43. The van der Waals surface area contributed by atoms with Crippen LogP contribution in [0.2, 0.25) is 0 Å². The van der Waals surface area contributed by atoms with Crippen molar-refractivity contribution in [2.24, 2.45) is 0 Å². The van der Waals surface area contributed by atoms with Crippen molar-refractivity contribution < 1.29 is 9.53 Å². The number of anilines is 1. The van der Waals surface area contributed by atoms with Crippen LogP contribution in [0.15, 0.2) is 42.5 Å². The van der Waals surface area contributed by atoms with Crippen LogP contribution in [0.25, 0.3) is 0 Å². The molecular weight excluding hydrogens is 262 g/mol. The van der Waals surface area contributed by atoms with Crippen LogP contribution in [-0.2, 0) is 0 Å². The molecule has 0 saturated heterocycles. The highest BCUT2D eigenvalue weighted by Gasteiger charge is 2.22. The van der Waals surface area contributed by atoms with Crippen LogP contribution in [0, 0.1) is 13.8 Å². The molecule has 0 spiro atoms. The van der Waals surface area contributed by atoms with E-state index in [1.54, 1.807) is 12.1 Å². The van der Waals surface area contributed by atoms with Gasteiger partial charge in [-0.3, -0.25) is 4.79 Å². The Balaban J connectivity index is 2.25. The van der Waals surface area contributed by atoms with E-state index in [0.29, 0.717) is 23.4 Å². The van der Waals surface area contributed by atoms with Crippen molar-refractivity contribution in [2.75, 3.05) is 5.73 Å². The normalized spacial score (nSPS) is 12.0. The lowest BCUT2D eigenvalue weighted by Gasteiger charge is -2.18. The molecule has 1 unspecified atom stereocenters. The molecule has 0 amide bonds. The quantitative estimate of drug-likeness (QED) is 0.668. The van der Waals surface area contributed by atoms with E-state index < -0.39 is 6.10 Å². The number of benzene rings is 2. The van der Waals surface area contributed by atoms with Crippen LogP contribution in [0.4, 0.5) is 5.69 Å². The summed E-state index contributed by atoms with van der Waals surface area (Å²) in [6, 6.07) is 13.1. The summed E-state index contributed by atoms with van der Waals surface area (Å²) in [5.41, 5.74) is 9.25.